The number of nitro groups is 1. The lowest BCUT2D eigenvalue weighted by atomic mass is 9.92. The Bertz CT molecular complexity index is 2800. The van der Waals surface area contributed by atoms with Gasteiger partial charge in [-0.15, -0.1) is 0 Å². The van der Waals surface area contributed by atoms with Crippen LogP contribution < -0.4 is 26.2 Å². The number of nitrogens with zero attached hydrogens (tertiary/aromatic N) is 9. The fourth-order valence-electron chi connectivity index (χ4n) is 10.00. The van der Waals surface area contributed by atoms with Gasteiger partial charge in [-0.3, -0.25) is 48.9 Å². The summed E-state index contributed by atoms with van der Waals surface area (Å²) in [5.74, 6) is -0.162. The van der Waals surface area contributed by atoms with Gasteiger partial charge in [-0.2, -0.15) is 10.2 Å². The number of thiazole rings is 1. The van der Waals surface area contributed by atoms with Gasteiger partial charge in [0, 0.05) is 107 Å². The van der Waals surface area contributed by atoms with E-state index in [1.54, 1.807) is 55.3 Å². The lowest BCUT2D eigenvalue weighted by Gasteiger charge is -2.33. The number of aryl methyl sites for hydroxylation is 3. The SMILES string of the molecule is CC(=O)Nc1cc(NCCCCCCCCNC(=O)CN2CCC(n3nc(N4CCCc5cc(-c6cnn(C)c6)c(C(F)F)cc54)c4c3CCN(C(C)=O)C4)CC2)ccc1C(=O)Nc1nc(C)c([N+](=O)[O-])s1. The number of alkyl halides is 2. The minimum atomic E-state index is -2.68. The molecule has 5 aromatic rings. The Labute approximate surface area is 420 Å². The molecular formula is C50H63F2N13O6S. The van der Waals surface area contributed by atoms with Crippen LogP contribution >= 0.6 is 11.3 Å². The summed E-state index contributed by atoms with van der Waals surface area (Å²) in [5, 5.41) is 32.4. The Morgan fingerprint density at radius 1 is 0.944 bits per heavy atom. The first kappa shape index (κ1) is 51.5. The average molecular weight is 1010 g/mol. The van der Waals surface area contributed by atoms with Gasteiger partial charge in [-0.25, -0.2) is 13.8 Å². The smallest absolute Gasteiger partial charge is 0.348 e. The van der Waals surface area contributed by atoms with Crippen LogP contribution in [-0.4, -0.2) is 109 Å². The predicted molar refractivity (Wildman–Crippen MR) is 272 cm³/mol. The summed E-state index contributed by atoms with van der Waals surface area (Å²) in [6.07, 6.45) is 10.5. The van der Waals surface area contributed by atoms with Gasteiger partial charge in [0.1, 0.15) is 5.69 Å². The number of carbonyl (C=O) groups excluding carboxylic acids is 4. The summed E-state index contributed by atoms with van der Waals surface area (Å²) in [7, 11) is 1.77. The molecule has 19 nitrogen and oxygen atoms in total. The second kappa shape index (κ2) is 23.2. The van der Waals surface area contributed by atoms with Crippen molar-refractivity contribution >= 4 is 68.0 Å². The van der Waals surface area contributed by atoms with Crippen molar-refractivity contribution in [2.45, 2.75) is 110 Å². The topological polar surface area (TPSA) is 218 Å². The van der Waals surface area contributed by atoms with Gasteiger partial charge < -0.3 is 25.8 Å². The maximum Gasteiger partial charge on any atom is 0.348 e. The van der Waals surface area contributed by atoms with Crippen LogP contribution in [0.2, 0.25) is 0 Å². The van der Waals surface area contributed by atoms with Gasteiger partial charge in [0.15, 0.2) is 10.9 Å². The molecule has 2 aromatic carbocycles. The minimum Gasteiger partial charge on any atom is -0.385 e. The third-order valence-electron chi connectivity index (χ3n) is 13.6. The third-order valence-corrected chi connectivity index (χ3v) is 14.7. The molecule has 0 spiro atoms. The van der Waals surface area contributed by atoms with E-state index < -0.39 is 17.3 Å². The Hall–Kier alpha value is -6.81. The maximum atomic E-state index is 14.7. The van der Waals surface area contributed by atoms with Gasteiger partial charge in [0.05, 0.1) is 41.5 Å². The number of likely N-dealkylation sites (tertiary alicyclic amines) is 1. The van der Waals surface area contributed by atoms with Gasteiger partial charge in [-0.05, 0) is 98.2 Å². The monoisotopic (exact) mass is 1010 g/mol. The molecule has 4 N–H and O–H groups in total. The van der Waals surface area contributed by atoms with Crippen molar-refractivity contribution in [3.63, 3.8) is 0 Å². The molecule has 0 saturated carbocycles. The zero-order chi connectivity index (χ0) is 51.1. The second-order valence-electron chi connectivity index (χ2n) is 18.9. The number of nitrogens with one attached hydrogen (secondary N) is 4. The van der Waals surface area contributed by atoms with E-state index in [0.29, 0.717) is 62.5 Å². The Kier molecular flexibility index (Phi) is 16.6. The van der Waals surface area contributed by atoms with Crippen molar-refractivity contribution in [1.29, 1.82) is 0 Å². The van der Waals surface area contributed by atoms with E-state index in [2.05, 4.69) is 45.8 Å². The summed E-state index contributed by atoms with van der Waals surface area (Å²) in [6.45, 7) is 9.17. The number of aromatic nitrogens is 5. The minimum absolute atomic E-state index is 0.00982. The zero-order valence-corrected chi connectivity index (χ0v) is 42.1. The molecule has 0 bridgehead atoms. The molecule has 3 aliphatic rings. The molecule has 22 heteroatoms. The maximum absolute atomic E-state index is 14.7. The van der Waals surface area contributed by atoms with Crippen LogP contribution in [0, 0.1) is 17.0 Å². The molecule has 72 heavy (non-hydrogen) atoms. The highest BCUT2D eigenvalue weighted by Crippen LogP contribution is 2.44. The van der Waals surface area contributed by atoms with Gasteiger partial charge in [0.25, 0.3) is 12.3 Å². The second-order valence-corrected chi connectivity index (χ2v) is 19.9. The first-order valence-electron chi connectivity index (χ1n) is 24.8. The number of carbonyl (C=O) groups is 4. The lowest BCUT2D eigenvalue weighted by molar-refractivity contribution is -0.380. The Morgan fingerprint density at radius 2 is 1.69 bits per heavy atom. The average Bonchev–Trinajstić information content (AvgIpc) is 4.07. The van der Waals surface area contributed by atoms with Crippen LogP contribution in [0.5, 0.6) is 0 Å². The zero-order valence-electron chi connectivity index (χ0n) is 41.3. The fourth-order valence-corrected chi connectivity index (χ4v) is 10.8. The number of amides is 4. The molecule has 0 atom stereocenters. The number of anilines is 5. The summed E-state index contributed by atoms with van der Waals surface area (Å²) in [4.78, 5) is 71.5. The molecule has 0 radical (unpaired) electrons. The highest BCUT2D eigenvalue weighted by Gasteiger charge is 2.35. The number of rotatable bonds is 20. The van der Waals surface area contributed by atoms with Crippen molar-refractivity contribution in [2.75, 3.05) is 66.7 Å². The molecule has 6 heterocycles. The standard InChI is InChI=1S/C50H63F2N13O6S/c1-31-49(65(70)71)72-50(56-31)58-48(69)38-14-13-36(25-42(38)57-32(2)66)53-18-9-7-5-6-8-10-19-54-45(68)30-61-21-15-37(16-22-61)64-43-17-23-62(33(3)67)29-41(43)47(59-64)63-20-11-12-34-24-39(35-27-55-60(4)28-35)40(46(51)52)26-44(34)63/h13-14,24-28,37,46,53H,5-12,15-23,29-30H2,1-4H3,(H,54,68)(H,57,66)(H,56,58,69). The van der Waals surface area contributed by atoms with Gasteiger partial charge in [0.2, 0.25) is 17.7 Å². The van der Waals surface area contributed by atoms with Crippen LogP contribution in [0.3, 0.4) is 0 Å². The Morgan fingerprint density at radius 3 is 2.38 bits per heavy atom. The summed E-state index contributed by atoms with van der Waals surface area (Å²) in [5.41, 5.74) is 6.33. The number of hydrogen-bond donors (Lipinski definition) is 4. The molecule has 0 aliphatic carbocycles. The number of halogens is 2. The van der Waals surface area contributed by atoms with E-state index in [0.717, 1.165) is 123 Å². The normalized spacial score (nSPS) is 15.0. The van der Waals surface area contributed by atoms with E-state index >= 15 is 0 Å². The van der Waals surface area contributed by atoms with E-state index in [4.69, 9.17) is 5.10 Å². The van der Waals surface area contributed by atoms with Crippen LogP contribution in [0.25, 0.3) is 11.1 Å². The van der Waals surface area contributed by atoms with Crippen molar-refractivity contribution < 1.29 is 32.9 Å². The summed E-state index contributed by atoms with van der Waals surface area (Å²) >= 11 is 0.767. The number of fused-ring (bicyclic) bond motifs is 2. The molecule has 4 amide bonds. The van der Waals surface area contributed by atoms with Crippen molar-refractivity contribution in [3.8, 4) is 11.1 Å². The Balaban J connectivity index is 0.766. The quantitative estimate of drug-likeness (QED) is 0.0329. The van der Waals surface area contributed by atoms with E-state index in [1.165, 1.54) is 13.8 Å². The first-order valence-corrected chi connectivity index (χ1v) is 25.6. The molecule has 384 valence electrons. The van der Waals surface area contributed by atoms with Crippen molar-refractivity contribution in [3.05, 3.63) is 86.5 Å². The van der Waals surface area contributed by atoms with Crippen LogP contribution in [0.1, 0.15) is 123 Å². The lowest BCUT2D eigenvalue weighted by Crippen LogP contribution is -2.42. The number of benzene rings is 2. The first-order chi connectivity index (χ1) is 34.6. The molecular weight excluding hydrogens is 949 g/mol. The van der Waals surface area contributed by atoms with Crippen molar-refractivity contribution in [1.82, 2.24) is 39.7 Å². The van der Waals surface area contributed by atoms with Gasteiger partial charge in [-0.1, -0.05) is 25.7 Å². The summed E-state index contributed by atoms with van der Waals surface area (Å²) < 4.78 is 33.2. The van der Waals surface area contributed by atoms with E-state index in [9.17, 15) is 38.1 Å². The van der Waals surface area contributed by atoms with Crippen LogP contribution in [-0.2, 0) is 40.8 Å². The molecule has 0 unspecified atom stereocenters. The van der Waals surface area contributed by atoms with Crippen LogP contribution in [0.4, 0.5) is 41.8 Å². The molecule has 1 fully saturated rings. The van der Waals surface area contributed by atoms with Crippen molar-refractivity contribution in [2.24, 2.45) is 7.05 Å². The predicted octanol–water partition coefficient (Wildman–Crippen LogP) is 8.30. The number of hydrogen-bond acceptors (Lipinski definition) is 13. The van der Waals surface area contributed by atoms with E-state index in [1.807, 2.05) is 11.0 Å². The largest absolute Gasteiger partial charge is 0.385 e. The highest BCUT2D eigenvalue weighted by atomic mass is 32.1. The third kappa shape index (κ3) is 12.3. The highest BCUT2D eigenvalue weighted by molar-refractivity contribution is 7.19. The molecule has 8 rings (SSSR count). The summed E-state index contributed by atoms with van der Waals surface area (Å²) in [6, 6.07) is 8.63. The van der Waals surface area contributed by atoms with Crippen LogP contribution in [0.15, 0.2) is 42.7 Å². The van der Waals surface area contributed by atoms with E-state index in [-0.39, 0.29) is 50.7 Å². The molecule has 3 aliphatic heterocycles. The molecule has 1 saturated heterocycles. The number of piperidine rings is 1. The number of unbranched alkanes of at least 4 members (excludes halogenated alkanes) is 5. The molecule has 3 aromatic heterocycles. The van der Waals surface area contributed by atoms with Gasteiger partial charge >= 0.3 is 5.00 Å². The fraction of sp³-hybridized carbons (Fsp3) is 0.500.